The van der Waals surface area contributed by atoms with Crippen LogP contribution in [0.2, 0.25) is 0 Å². The van der Waals surface area contributed by atoms with Crippen LogP contribution >= 0.6 is 11.8 Å². The molecule has 0 unspecified atom stereocenters. The van der Waals surface area contributed by atoms with Gasteiger partial charge in [-0.3, -0.25) is 4.79 Å². The number of thioether (sulfide) groups is 1. The van der Waals surface area contributed by atoms with E-state index in [0.717, 1.165) is 16.7 Å². The largest absolute Gasteiger partial charge is 0.493 e. The fourth-order valence-electron chi connectivity index (χ4n) is 2.61. The van der Waals surface area contributed by atoms with Crippen LogP contribution in [0, 0.1) is 6.92 Å². The van der Waals surface area contributed by atoms with Crippen molar-refractivity contribution in [3.05, 3.63) is 58.0 Å². The normalized spacial score (nSPS) is 15.2. The predicted octanol–water partition coefficient (Wildman–Crippen LogP) is 4.08. The van der Waals surface area contributed by atoms with Crippen LogP contribution in [0.5, 0.6) is 17.2 Å². The third kappa shape index (κ3) is 3.46. The summed E-state index contributed by atoms with van der Waals surface area (Å²) in [6.45, 7) is 2.02. The van der Waals surface area contributed by atoms with Crippen LogP contribution in [0.4, 0.5) is 0 Å². The van der Waals surface area contributed by atoms with Gasteiger partial charge in [-0.1, -0.05) is 41.6 Å². The SMILES string of the molecule is COc1ccc(/C=C2\SC(c3ccc(C)cc3)=NC2=O)c(OC)c1OC. The molecule has 1 amide bonds. The molecule has 6 heteroatoms. The summed E-state index contributed by atoms with van der Waals surface area (Å²) in [6, 6.07) is 11.5. The van der Waals surface area contributed by atoms with Gasteiger partial charge in [0.1, 0.15) is 5.04 Å². The molecule has 0 spiro atoms. The van der Waals surface area contributed by atoms with Crippen molar-refractivity contribution in [2.24, 2.45) is 4.99 Å². The van der Waals surface area contributed by atoms with Gasteiger partial charge in [-0.25, -0.2) is 4.99 Å². The summed E-state index contributed by atoms with van der Waals surface area (Å²) in [4.78, 5) is 17.0. The van der Waals surface area contributed by atoms with E-state index in [1.807, 2.05) is 37.3 Å². The number of nitrogens with zero attached hydrogens (tertiary/aromatic N) is 1. The fraction of sp³-hybridized carbons (Fsp3) is 0.200. The summed E-state index contributed by atoms with van der Waals surface area (Å²) in [5, 5.41) is 0.695. The van der Waals surface area contributed by atoms with Crippen LogP contribution in [0.25, 0.3) is 6.08 Å². The fourth-order valence-corrected chi connectivity index (χ4v) is 3.52. The van der Waals surface area contributed by atoms with Crippen molar-refractivity contribution in [2.45, 2.75) is 6.92 Å². The van der Waals surface area contributed by atoms with E-state index in [1.54, 1.807) is 33.5 Å². The molecule has 0 aromatic heterocycles. The number of hydrogen-bond acceptors (Lipinski definition) is 5. The molecule has 0 aliphatic carbocycles. The van der Waals surface area contributed by atoms with Crippen molar-refractivity contribution in [3.63, 3.8) is 0 Å². The minimum absolute atomic E-state index is 0.262. The Bertz CT molecular complexity index is 901. The first-order valence-corrected chi connectivity index (χ1v) is 8.77. The van der Waals surface area contributed by atoms with E-state index in [9.17, 15) is 4.79 Å². The summed E-state index contributed by atoms with van der Waals surface area (Å²) < 4.78 is 16.2. The summed E-state index contributed by atoms with van der Waals surface area (Å²) in [5.41, 5.74) is 2.81. The highest BCUT2D eigenvalue weighted by atomic mass is 32.2. The molecule has 0 saturated carbocycles. The maximum atomic E-state index is 12.3. The average Bonchev–Trinajstić information content (AvgIpc) is 3.02. The average molecular weight is 369 g/mol. The van der Waals surface area contributed by atoms with Crippen LogP contribution in [0.1, 0.15) is 16.7 Å². The molecular weight excluding hydrogens is 350 g/mol. The van der Waals surface area contributed by atoms with Gasteiger partial charge in [0.05, 0.1) is 26.2 Å². The Hall–Kier alpha value is -2.73. The predicted molar refractivity (Wildman–Crippen MR) is 104 cm³/mol. The second kappa shape index (κ2) is 7.66. The highest BCUT2D eigenvalue weighted by Gasteiger charge is 2.24. The molecular formula is C20H19NO4S. The van der Waals surface area contributed by atoms with Crippen molar-refractivity contribution in [3.8, 4) is 17.2 Å². The lowest BCUT2D eigenvalue weighted by Gasteiger charge is -2.14. The number of benzene rings is 2. The molecule has 26 heavy (non-hydrogen) atoms. The van der Waals surface area contributed by atoms with E-state index in [-0.39, 0.29) is 5.91 Å². The van der Waals surface area contributed by atoms with Gasteiger partial charge >= 0.3 is 0 Å². The van der Waals surface area contributed by atoms with Crippen LogP contribution < -0.4 is 14.2 Å². The molecule has 1 aliphatic heterocycles. The molecule has 5 nitrogen and oxygen atoms in total. The van der Waals surface area contributed by atoms with Gasteiger partial charge in [0, 0.05) is 11.1 Å². The third-order valence-electron chi connectivity index (χ3n) is 3.94. The number of carbonyl (C=O) groups excluding carboxylic acids is 1. The molecule has 1 aliphatic rings. The zero-order valence-electron chi connectivity index (χ0n) is 15.0. The zero-order valence-corrected chi connectivity index (χ0v) is 15.8. The molecule has 1 heterocycles. The Morgan fingerprint density at radius 2 is 1.62 bits per heavy atom. The molecule has 0 saturated heterocycles. The number of rotatable bonds is 5. The smallest absolute Gasteiger partial charge is 0.284 e. The van der Waals surface area contributed by atoms with Crippen LogP contribution in [0.3, 0.4) is 0 Å². The molecule has 0 N–H and O–H groups in total. The van der Waals surface area contributed by atoms with E-state index in [4.69, 9.17) is 14.2 Å². The van der Waals surface area contributed by atoms with E-state index in [2.05, 4.69) is 4.99 Å². The number of hydrogen-bond donors (Lipinski definition) is 0. The Labute approximate surface area is 156 Å². The van der Waals surface area contributed by atoms with E-state index < -0.39 is 0 Å². The Kier molecular flexibility index (Phi) is 5.32. The van der Waals surface area contributed by atoms with E-state index in [1.165, 1.54) is 11.8 Å². The maximum absolute atomic E-state index is 12.3. The Morgan fingerprint density at radius 1 is 0.923 bits per heavy atom. The van der Waals surface area contributed by atoms with Crippen LogP contribution in [-0.2, 0) is 4.79 Å². The van der Waals surface area contributed by atoms with Gasteiger partial charge in [-0.05, 0) is 25.1 Å². The van der Waals surface area contributed by atoms with Gasteiger partial charge in [-0.15, -0.1) is 0 Å². The maximum Gasteiger partial charge on any atom is 0.284 e. The summed E-state index contributed by atoms with van der Waals surface area (Å²) in [7, 11) is 4.66. The number of aliphatic imine (C=N–C) groups is 1. The standard InChI is InChI=1S/C20H19NO4S/c1-12-5-7-13(8-6-12)20-21-19(22)16(26-20)11-14-9-10-15(23-2)18(25-4)17(14)24-3/h5-11H,1-4H3/b16-11-. The van der Waals surface area contributed by atoms with Crippen molar-refractivity contribution in [1.29, 1.82) is 0 Å². The first kappa shape index (κ1) is 18.1. The summed E-state index contributed by atoms with van der Waals surface area (Å²) in [6.07, 6.45) is 1.76. The van der Waals surface area contributed by atoms with Crippen molar-refractivity contribution < 1.29 is 19.0 Å². The van der Waals surface area contributed by atoms with Crippen molar-refractivity contribution in [2.75, 3.05) is 21.3 Å². The molecule has 2 aromatic rings. The Morgan fingerprint density at radius 3 is 2.23 bits per heavy atom. The molecule has 3 rings (SSSR count). The zero-order chi connectivity index (χ0) is 18.7. The first-order chi connectivity index (χ1) is 12.6. The number of aryl methyl sites for hydroxylation is 1. The summed E-state index contributed by atoms with van der Waals surface area (Å²) in [5.74, 6) is 1.30. The molecule has 2 aromatic carbocycles. The van der Waals surface area contributed by atoms with Crippen LogP contribution in [-0.4, -0.2) is 32.3 Å². The molecule has 0 radical (unpaired) electrons. The summed E-state index contributed by atoms with van der Waals surface area (Å²) >= 11 is 1.35. The second-order valence-electron chi connectivity index (χ2n) is 5.62. The van der Waals surface area contributed by atoms with Gasteiger partial charge in [-0.2, -0.15) is 0 Å². The first-order valence-electron chi connectivity index (χ1n) is 7.96. The number of amides is 1. The molecule has 0 bridgehead atoms. The number of carbonyl (C=O) groups is 1. The van der Waals surface area contributed by atoms with Gasteiger partial charge in [0.15, 0.2) is 11.5 Å². The van der Waals surface area contributed by atoms with Gasteiger partial charge in [0.25, 0.3) is 5.91 Å². The van der Waals surface area contributed by atoms with Crippen LogP contribution in [0.15, 0.2) is 46.3 Å². The van der Waals surface area contributed by atoms with E-state index in [0.29, 0.717) is 27.2 Å². The highest BCUT2D eigenvalue weighted by Crippen LogP contribution is 2.42. The second-order valence-corrected chi connectivity index (χ2v) is 6.65. The van der Waals surface area contributed by atoms with Gasteiger partial charge in [0.2, 0.25) is 5.75 Å². The number of ether oxygens (including phenoxy) is 3. The molecule has 0 fully saturated rings. The van der Waals surface area contributed by atoms with Crippen molar-refractivity contribution in [1.82, 2.24) is 0 Å². The monoisotopic (exact) mass is 369 g/mol. The lowest BCUT2D eigenvalue weighted by atomic mass is 10.1. The topological polar surface area (TPSA) is 57.1 Å². The minimum atomic E-state index is -0.262. The van der Waals surface area contributed by atoms with Crippen molar-refractivity contribution >= 4 is 28.8 Å². The Balaban J connectivity index is 1.94. The van der Waals surface area contributed by atoms with Gasteiger partial charge < -0.3 is 14.2 Å². The molecule has 0 atom stereocenters. The lowest BCUT2D eigenvalue weighted by molar-refractivity contribution is -0.113. The molecule has 134 valence electrons. The highest BCUT2D eigenvalue weighted by molar-refractivity contribution is 8.19. The minimum Gasteiger partial charge on any atom is -0.493 e. The lowest BCUT2D eigenvalue weighted by Crippen LogP contribution is -1.97. The third-order valence-corrected chi connectivity index (χ3v) is 4.97. The number of methoxy groups -OCH3 is 3. The quantitative estimate of drug-likeness (QED) is 0.743. The van der Waals surface area contributed by atoms with E-state index >= 15 is 0 Å².